The second-order valence-electron chi connectivity index (χ2n) is 3.54. The molecule has 86 valence electrons. The third-order valence-corrected chi connectivity index (χ3v) is 2.46. The second kappa shape index (κ2) is 5.95. The van der Waals surface area contributed by atoms with Crippen LogP contribution in [-0.2, 0) is 20.9 Å². The molecular weight excluding hydrogens is 245 g/mol. The summed E-state index contributed by atoms with van der Waals surface area (Å²) in [6.45, 7) is 0.00157. The van der Waals surface area contributed by atoms with E-state index in [9.17, 15) is 19.5 Å². The van der Waals surface area contributed by atoms with Crippen molar-refractivity contribution >= 4 is 18.1 Å². The van der Waals surface area contributed by atoms with E-state index in [1.54, 1.807) is 30.3 Å². The average Bonchev–Trinajstić information content (AvgIpc) is 2.55. The molecule has 0 unspecified atom stereocenters. The Morgan fingerprint density at radius 1 is 1.11 bits per heavy atom. The minimum atomic E-state index is -1.03. The zero-order valence-corrected chi connectivity index (χ0v) is 11.8. The maximum absolute atomic E-state index is 11.6. The van der Waals surface area contributed by atoms with Gasteiger partial charge in [-0.25, -0.2) is 0 Å². The molecule has 1 aliphatic heterocycles. The topological polar surface area (TPSA) is 77.5 Å². The summed E-state index contributed by atoms with van der Waals surface area (Å²) in [7, 11) is 0. The van der Waals surface area contributed by atoms with Crippen molar-refractivity contribution in [1.82, 2.24) is 4.90 Å². The number of benzene rings is 1. The molecule has 0 bridgehead atoms. The van der Waals surface area contributed by atoms with Gasteiger partial charge in [-0.3, -0.25) is 19.3 Å². The summed E-state index contributed by atoms with van der Waals surface area (Å²) in [6, 6.07) is 8.76. The van der Waals surface area contributed by atoms with E-state index in [4.69, 9.17) is 0 Å². The van der Waals surface area contributed by atoms with Crippen molar-refractivity contribution in [3.63, 3.8) is 0 Å². The van der Waals surface area contributed by atoms with Crippen LogP contribution in [0, 0.1) is 0 Å². The average molecular weight is 253 g/mol. The van der Waals surface area contributed by atoms with Crippen molar-refractivity contribution in [3.8, 4) is 0 Å². The molecule has 18 heavy (non-hydrogen) atoms. The molecule has 6 heteroatoms. The Labute approximate surface area is 125 Å². The number of aldehydes is 1. The monoisotopic (exact) mass is 253 g/mol. The van der Waals surface area contributed by atoms with Crippen LogP contribution < -0.4 is 34.7 Å². The fourth-order valence-corrected chi connectivity index (χ4v) is 1.59. The first-order valence-electron chi connectivity index (χ1n) is 4.91. The van der Waals surface area contributed by atoms with Crippen LogP contribution in [0.3, 0.4) is 0 Å². The van der Waals surface area contributed by atoms with Crippen LogP contribution in [0.5, 0.6) is 0 Å². The van der Waals surface area contributed by atoms with Crippen molar-refractivity contribution in [2.75, 3.05) is 0 Å². The second-order valence-corrected chi connectivity index (χ2v) is 3.54. The molecule has 1 aromatic rings. The normalized spacial score (nSPS) is 14.8. The summed E-state index contributed by atoms with van der Waals surface area (Å²) in [4.78, 5) is 34.3. The molecule has 0 aromatic heterocycles. The van der Waals surface area contributed by atoms with Gasteiger partial charge in [0.25, 0.3) is 5.91 Å². The van der Waals surface area contributed by atoms with Gasteiger partial charge in [-0.15, -0.1) is 0 Å². The fraction of sp³-hybridized carbons (Fsp3) is 0.0833. The summed E-state index contributed by atoms with van der Waals surface area (Å²) < 4.78 is 0. The molecule has 0 atom stereocenters. The maximum Gasteiger partial charge on any atom is 1.00 e. The Hall–Kier alpha value is -1.43. The van der Waals surface area contributed by atoms with Crippen LogP contribution in [-0.4, -0.2) is 23.0 Å². The van der Waals surface area contributed by atoms with Crippen molar-refractivity contribution in [1.29, 1.82) is 0 Å². The maximum atomic E-state index is 11.6. The van der Waals surface area contributed by atoms with E-state index in [0.29, 0.717) is 5.56 Å². The van der Waals surface area contributed by atoms with Gasteiger partial charge in [0.05, 0.1) is 12.1 Å². The zero-order chi connectivity index (χ0) is 12.4. The number of hydrogen-bond acceptors (Lipinski definition) is 4. The minimum Gasteiger partial charge on any atom is -0.868 e. The molecule has 5 nitrogen and oxygen atoms in total. The molecule has 2 amide bonds. The summed E-state index contributed by atoms with van der Waals surface area (Å²) in [5.41, 5.74) is 0.125. The first kappa shape index (κ1) is 14.6. The van der Waals surface area contributed by atoms with Crippen molar-refractivity contribution in [3.05, 3.63) is 47.2 Å². The van der Waals surface area contributed by atoms with Gasteiger partial charge in [-0.05, 0) is 11.3 Å². The van der Waals surface area contributed by atoms with Crippen LogP contribution >= 0.6 is 0 Å². The van der Waals surface area contributed by atoms with Crippen LogP contribution in [0.2, 0.25) is 0 Å². The standard InChI is InChI=1S/C12H9NO4.Na/c14-7-9-10(15)12(17)13(11(9)16)6-8-4-2-1-3-5-8;/h1-5,7,15H,6H2;/q;+1/p-1. The van der Waals surface area contributed by atoms with E-state index in [-0.39, 0.29) is 42.4 Å². The molecule has 1 heterocycles. The smallest absolute Gasteiger partial charge is 0.868 e. The van der Waals surface area contributed by atoms with Crippen LogP contribution in [0.1, 0.15) is 5.56 Å². The Kier molecular flexibility index (Phi) is 4.84. The molecule has 0 N–H and O–H groups in total. The predicted molar refractivity (Wildman–Crippen MR) is 55.1 cm³/mol. The zero-order valence-electron chi connectivity index (χ0n) is 9.75. The summed E-state index contributed by atoms with van der Waals surface area (Å²) in [6.07, 6.45) is 0.132. The number of carbonyl (C=O) groups excluding carboxylic acids is 3. The minimum absolute atomic E-state index is 0. The number of rotatable bonds is 3. The van der Waals surface area contributed by atoms with E-state index < -0.39 is 23.1 Å². The molecule has 0 saturated carbocycles. The van der Waals surface area contributed by atoms with E-state index in [0.717, 1.165) is 4.90 Å². The third kappa shape index (κ3) is 2.53. The number of carbonyl (C=O) groups is 3. The molecule has 0 fully saturated rings. The van der Waals surface area contributed by atoms with Gasteiger partial charge in [0.15, 0.2) is 6.29 Å². The molecule has 1 aromatic carbocycles. The fourth-order valence-electron chi connectivity index (χ4n) is 1.59. The first-order valence-corrected chi connectivity index (χ1v) is 4.91. The van der Waals surface area contributed by atoms with Gasteiger partial charge in [-0.1, -0.05) is 30.3 Å². The molecule has 1 aliphatic rings. The van der Waals surface area contributed by atoms with Gasteiger partial charge >= 0.3 is 29.6 Å². The molecule has 2 rings (SSSR count). The van der Waals surface area contributed by atoms with Gasteiger partial charge < -0.3 is 5.11 Å². The SMILES string of the molecule is O=CC1=C([O-])C(=O)N(Cc2ccccc2)C1=O.[Na+]. The van der Waals surface area contributed by atoms with E-state index in [2.05, 4.69) is 0 Å². The van der Waals surface area contributed by atoms with Crippen molar-refractivity contribution in [2.45, 2.75) is 6.54 Å². The molecule has 0 spiro atoms. The number of nitrogens with zero attached hydrogens (tertiary/aromatic N) is 1. The van der Waals surface area contributed by atoms with Crippen molar-refractivity contribution < 1.29 is 49.0 Å². The molecule has 0 saturated heterocycles. The van der Waals surface area contributed by atoms with E-state index in [1.807, 2.05) is 0 Å². The van der Waals surface area contributed by atoms with E-state index in [1.165, 1.54) is 0 Å². The van der Waals surface area contributed by atoms with Gasteiger partial charge in [0, 0.05) is 0 Å². The number of imide groups is 1. The Morgan fingerprint density at radius 2 is 1.72 bits per heavy atom. The molecule has 0 aliphatic carbocycles. The van der Waals surface area contributed by atoms with Crippen LogP contribution in [0.15, 0.2) is 41.7 Å². The van der Waals surface area contributed by atoms with Gasteiger partial charge in [-0.2, -0.15) is 0 Å². The molecular formula is C12H8NNaO4. The van der Waals surface area contributed by atoms with Crippen LogP contribution in [0.25, 0.3) is 0 Å². The third-order valence-electron chi connectivity index (χ3n) is 2.46. The number of amides is 2. The quantitative estimate of drug-likeness (QED) is 0.241. The van der Waals surface area contributed by atoms with Crippen molar-refractivity contribution in [2.24, 2.45) is 0 Å². The summed E-state index contributed by atoms with van der Waals surface area (Å²) in [5.74, 6) is -2.79. The number of hydrogen-bond donors (Lipinski definition) is 0. The van der Waals surface area contributed by atoms with E-state index >= 15 is 0 Å². The predicted octanol–water partition coefficient (Wildman–Crippen LogP) is -3.63. The van der Waals surface area contributed by atoms with Crippen LogP contribution in [0.4, 0.5) is 0 Å². The largest absolute Gasteiger partial charge is 1.00 e. The Balaban J connectivity index is 0.00000162. The summed E-state index contributed by atoms with van der Waals surface area (Å²) >= 11 is 0. The molecule has 0 radical (unpaired) electrons. The van der Waals surface area contributed by atoms with Gasteiger partial charge in [0.1, 0.15) is 0 Å². The first-order chi connectivity index (χ1) is 8.15. The summed E-state index contributed by atoms with van der Waals surface area (Å²) in [5, 5.41) is 11.3. The Morgan fingerprint density at radius 3 is 2.22 bits per heavy atom. The Bertz CT molecular complexity index is 524. The van der Waals surface area contributed by atoms with Gasteiger partial charge in [0.2, 0.25) is 5.91 Å².